The Kier molecular flexibility index (Phi) is 9.27. The summed E-state index contributed by atoms with van der Waals surface area (Å²) in [7, 11) is 0. The van der Waals surface area contributed by atoms with Gasteiger partial charge in [0.1, 0.15) is 5.82 Å². The van der Waals surface area contributed by atoms with E-state index in [9.17, 15) is 28.7 Å². The van der Waals surface area contributed by atoms with Crippen molar-refractivity contribution in [3.05, 3.63) is 107 Å². The molecule has 1 aliphatic rings. The number of aliphatic carboxylic acids is 1. The molecule has 3 aromatic carbocycles. The maximum absolute atomic E-state index is 13.9. The minimum absolute atomic E-state index is 0.128. The highest BCUT2D eigenvalue weighted by Gasteiger charge is 2.41. The first kappa shape index (κ1) is 28.5. The Morgan fingerprint density at radius 1 is 0.950 bits per heavy atom. The van der Waals surface area contributed by atoms with Gasteiger partial charge in [0.25, 0.3) is 11.8 Å². The van der Waals surface area contributed by atoms with E-state index in [1.54, 1.807) is 18.2 Å². The number of carbonyl (C=O) groups excluding carboxylic acids is 3. The Labute approximate surface area is 232 Å². The number of carboxylic acid groups (broad SMARTS) is 1. The lowest BCUT2D eigenvalue weighted by Crippen LogP contribution is -2.63. The maximum atomic E-state index is 13.9. The molecule has 2 unspecified atom stereocenters. The molecular formula is C31H32FN3O5. The van der Waals surface area contributed by atoms with Gasteiger partial charge in [0, 0.05) is 25.1 Å². The third-order valence-corrected chi connectivity index (χ3v) is 6.91. The van der Waals surface area contributed by atoms with Crippen LogP contribution in [-0.4, -0.2) is 57.9 Å². The summed E-state index contributed by atoms with van der Waals surface area (Å²) in [4.78, 5) is 55.3. The second-order valence-electron chi connectivity index (χ2n) is 9.88. The van der Waals surface area contributed by atoms with Gasteiger partial charge in [0.05, 0.1) is 12.5 Å². The summed E-state index contributed by atoms with van der Waals surface area (Å²) in [6.45, 7) is 2.32. The van der Waals surface area contributed by atoms with Crippen molar-refractivity contribution in [1.82, 2.24) is 15.1 Å². The Morgan fingerprint density at radius 3 is 2.33 bits per heavy atom. The third-order valence-electron chi connectivity index (χ3n) is 6.91. The van der Waals surface area contributed by atoms with Gasteiger partial charge in [-0.1, -0.05) is 60.2 Å². The standard InChI is InChI=1S/C31H32FN3O5/c1-21-7-5-10-24(19-21)26(20-28(37)38)33-29(39)30-34(27(36)16-11-22-8-3-2-4-9-22)17-6-18-35(30)31(40)23-12-14-25(32)15-13-23/h2-5,7-10,12-15,19,26,30H,6,11,16-18,20H2,1H3,(H,33,39)(H,37,38). The summed E-state index contributed by atoms with van der Waals surface area (Å²) in [6, 6.07) is 20.8. The zero-order chi connectivity index (χ0) is 28.6. The van der Waals surface area contributed by atoms with Gasteiger partial charge in [0.2, 0.25) is 5.91 Å². The third kappa shape index (κ3) is 7.11. The van der Waals surface area contributed by atoms with Crippen molar-refractivity contribution in [2.45, 2.75) is 44.8 Å². The van der Waals surface area contributed by atoms with Crippen LogP contribution in [-0.2, 0) is 20.8 Å². The molecule has 0 saturated carbocycles. The molecule has 1 saturated heterocycles. The van der Waals surface area contributed by atoms with Gasteiger partial charge < -0.3 is 20.2 Å². The molecule has 1 aliphatic heterocycles. The molecular weight excluding hydrogens is 513 g/mol. The number of aryl methyl sites for hydroxylation is 2. The minimum atomic E-state index is -1.30. The summed E-state index contributed by atoms with van der Waals surface area (Å²) >= 11 is 0. The molecule has 2 N–H and O–H groups in total. The van der Waals surface area contributed by atoms with Crippen molar-refractivity contribution < 1.29 is 28.7 Å². The van der Waals surface area contributed by atoms with E-state index in [1.807, 2.05) is 43.3 Å². The van der Waals surface area contributed by atoms with Crippen molar-refractivity contribution in [2.24, 2.45) is 0 Å². The van der Waals surface area contributed by atoms with Crippen LogP contribution in [0.4, 0.5) is 4.39 Å². The van der Waals surface area contributed by atoms with Crippen LogP contribution in [0.25, 0.3) is 0 Å². The Balaban J connectivity index is 1.64. The number of carbonyl (C=O) groups is 4. The fourth-order valence-electron chi connectivity index (χ4n) is 4.94. The van der Waals surface area contributed by atoms with Crippen LogP contribution in [0.15, 0.2) is 78.9 Å². The molecule has 3 amide bonds. The topological polar surface area (TPSA) is 107 Å². The summed E-state index contributed by atoms with van der Waals surface area (Å²) in [5, 5.41) is 12.4. The van der Waals surface area contributed by atoms with Crippen LogP contribution in [0.3, 0.4) is 0 Å². The average molecular weight is 546 g/mol. The highest BCUT2D eigenvalue weighted by atomic mass is 19.1. The molecule has 0 bridgehead atoms. The summed E-state index contributed by atoms with van der Waals surface area (Å²) in [5.74, 6) is -3.09. The van der Waals surface area contributed by atoms with E-state index in [0.29, 0.717) is 18.4 Å². The fourth-order valence-corrected chi connectivity index (χ4v) is 4.94. The fraction of sp³-hybridized carbons (Fsp3) is 0.290. The second kappa shape index (κ2) is 13.0. The van der Waals surface area contributed by atoms with Gasteiger partial charge >= 0.3 is 5.97 Å². The summed E-state index contributed by atoms with van der Waals surface area (Å²) in [6.07, 6.45) is -0.639. The predicted molar refractivity (Wildman–Crippen MR) is 147 cm³/mol. The van der Waals surface area contributed by atoms with Crippen LogP contribution in [0.2, 0.25) is 0 Å². The lowest BCUT2D eigenvalue weighted by atomic mass is 10.0. The molecule has 1 heterocycles. The molecule has 9 heteroatoms. The highest BCUT2D eigenvalue weighted by molar-refractivity contribution is 5.99. The second-order valence-corrected chi connectivity index (χ2v) is 9.88. The van der Waals surface area contributed by atoms with E-state index in [0.717, 1.165) is 23.3 Å². The first-order chi connectivity index (χ1) is 19.2. The van der Waals surface area contributed by atoms with Gasteiger partial charge in [-0.25, -0.2) is 4.39 Å². The zero-order valence-corrected chi connectivity index (χ0v) is 22.3. The van der Waals surface area contributed by atoms with Crippen LogP contribution < -0.4 is 5.32 Å². The molecule has 3 aromatic rings. The van der Waals surface area contributed by atoms with Gasteiger partial charge in [-0.2, -0.15) is 0 Å². The predicted octanol–water partition coefficient (Wildman–Crippen LogP) is 4.10. The number of nitrogens with one attached hydrogen (secondary N) is 1. The smallest absolute Gasteiger partial charge is 0.305 e. The molecule has 1 fully saturated rings. The van der Waals surface area contributed by atoms with Crippen molar-refractivity contribution in [3.63, 3.8) is 0 Å². The first-order valence-corrected chi connectivity index (χ1v) is 13.2. The van der Waals surface area contributed by atoms with E-state index in [-0.39, 0.29) is 37.4 Å². The van der Waals surface area contributed by atoms with Gasteiger partial charge in [0.15, 0.2) is 6.17 Å². The monoisotopic (exact) mass is 545 g/mol. The van der Waals surface area contributed by atoms with E-state index >= 15 is 0 Å². The number of hydrogen-bond acceptors (Lipinski definition) is 4. The zero-order valence-electron chi connectivity index (χ0n) is 22.3. The van der Waals surface area contributed by atoms with E-state index in [1.165, 1.54) is 21.9 Å². The number of hydrogen-bond donors (Lipinski definition) is 2. The lowest BCUT2D eigenvalue weighted by Gasteiger charge is -2.43. The van der Waals surface area contributed by atoms with Crippen molar-refractivity contribution in [3.8, 4) is 0 Å². The molecule has 0 spiro atoms. The first-order valence-electron chi connectivity index (χ1n) is 13.2. The van der Waals surface area contributed by atoms with Crippen molar-refractivity contribution in [2.75, 3.05) is 13.1 Å². The van der Waals surface area contributed by atoms with Crippen molar-refractivity contribution >= 4 is 23.7 Å². The molecule has 0 aromatic heterocycles. The van der Waals surface area contributed by atoms with Crippen LogP contribution in [0.1, 0.15) is 52.4 Å². The van der Waals surface area contributed by atoms with Gasteiger partial charge in [-0.3, -0.25) is 19.2 Å². The van der Waals surface area contributed by atoms with E-state index in [4.69, 9.17) is 0 Å². The van der Waals surface area contributed by atoms with Crippen LogP contribution >= 0.6 is 0 Å². The number of benzene rings is 3. The van der Waals surface area contributed by atoms with Crippen LogP contribution in [0, 0.1) is 12.7 Å². The normalized spacial score (nSPS) is 15.8. The van der Waals surface area contributed by atoms with E-state index in [2.05, 4.69) is 5.32 Å². The minimum Gasteiger partial charge on any atom is -0.481 e. The molecule has 4 rings (SSSR count). The van der Waals surface area contributed by atoms with E-state index < -0.39 is 35.8 Å². The van der Waals surface area contributed by atoms with Gasteiger partial charge in [-0.15, -0.1) is 0 Å². The Hall–Kier alpha value is -4.53. The quantitative estimate of drug-likeness (QED) is 0.421. The summed E-state index contributed by atoms with van der Waals surface area (Å²) in [5.41, 5.74) is 2.64. The maximum Gasteiger partial charge on any atom is 0.305 e. The number of halogens is 1. The average Bonchev–Trinajstić information content (AvgIpc) is 2.95. The van der Waals surface area contributed by atoms with Crippen LogP contribution in [0.5, 0.6) is 0 Å². The number of carboxylic acids is 1. The molecule has 8 nitrogen and oxygen atoms in total. The molecule has 2 atom stereocenters. The lowest BCUT2D eigenvalue weighted by molar-refractivity contribution is -0.150. The Morgan fingerprint density at radius 2 is 1.65 bits per heavy atom. The number of nitrogens with zero attached hydrogens (tertiary/aromatic N) is 2. The SMILES string of the molecule is Cc1cccc(C(CC(=O)O)NC(=O)C2N(C(=O)CCc3ccccc3)CCCN2C(=O)c2ccc(F)cc2)c1. The highest BCUT2D eigenvalue weighted by Crippen LogP contribution is 2.23. The Bertz CT molecular complexity index is 1360. The number of amides is 3. The number of rotatable bonds is 9. The molecule has 0 aliphatic carbocycles. The largest absolute Gasteiger partial charge is 0.481 e. The summed E-state index contributed by atoms with van der Waals surface area (Å²) < 4.78 is 13.5. The molecule has 208 valence electrons. The molecule has 0 radical (unpaired) electrons. The van der Waals surface area contributed by atoms with Crippen molar-refractivity contribution in [1.29, 1.82) is 0 Å². The van der Waals surface area contributed by atoms with Gasteiger partial charge in [-0.05, 0) is 55.2 Å². The molecule has 40 heavy (non-hydrogen) atoms.